The van der Waals surface area contributed by atoms with Crippen molar-refractivity contribution in [3.8, 4) is 0 Å². The first-order valence-corrected chi connectivity index (χ1v) is 15.7. The van der Waals surface area contributed by atoms with E-state index in [0.717, 1.165) is 44.1 Å². The second-order valence-electron chi connectivity index (χ2n) is 12.3. The van der Waals surface area contributed by atoms with E-state index in [-0.39, 0.29) is 5.92 Å². The number of aryl methyl sites for hydroxylation is 3. The quantitative estimate of drug-likeness (QED) is 0.235. The summed E-state index contributed by atoms with van der Waals surface area (Å²) < 4.78 is 0. The van der Waals surface area contributed by atoms with E-state index in [9.17, 15) is 0 Å². The summed E-state index contributed by atoms with van der Waals surface area (Å²) in [5, 5.41) is 0. The lowest BCUT2D eigenvalue weighted by molar-refractivity contribution is 0.619. The molecule has 214 valence electrons. The van der Waals surface area contributed by atoms with Crippen LogP contribution in [0.5, 0.6) is 0 Å². The zero-order valence-corrected chi connectivity index (χ0v) is 26.1. The van der Waals surface area contributed by atoms with Gasteiger partial charge in [-0.15, -0.1) is 0 Å². The van der Waals surface area contributed by atoms with Crippen LogP contribution in [0.2, 0.25) is 0 Å². The molecule has 1 saturated carbocycles. The lowest BCUT2D eigenvalue weighted by atomic mass is 9.69. The fourth-order valence-corrected chi connectivity index (χ4v) is 6.87. The number of allylic oxidation sites excluding steroid dienone is 8. The maximum absolute atomic E-state index is 4.74. The van der Waals surface area contributed by atoms with Crippen LogP contribution in [-0.2, 0) is 19.3 Å². The number of fused-ring (bicyclic) bond motifs is 1. The SMILES string of the molecule is C=C(CCC)C1=C(C)C=C2C/C(=C\c3cccc(CCc4ccc(C(=C)C)cc4)c3)C(=C)C2C1c1ccc(CC)cc1. The highest BCUT2D eigenvalue weighted by molar-refractivity contribution is 5.68. The van der Waals surface area contributed by atoms with Gasteiger partial charge in [0.25, 0.3) is 0 Å². The second-order valence-corrected chi connectivity index (χ2v) is 12.3. The number of hydrogen-bond donors (Lipinski definition) is 0. The van der Waals surface area contributed by atoms with Gasteiger partial charge in [0.1, 0.15) is 0 Å². The van der Waals surface area contributed by atoms with Crippen molar-refractivity contribution in [1.82, 2.24) is 0 Å². The Kier molecular flexibility index (Phi) is 9.12. The van der Waals surface area contributed by atoms with Crippen molar-refractivity contribution in [3.05, 3.63) is 165 Å². The zero-order chi connectivity index (χ0) is 29.8. The van der Waals surface area contributed by atoms with E-state index in [1.54, 1.807) is 0 Å². The summed E-state index contributed by atoms with van der Waals surface area (Å²) in [5.41, 5.74) is 17.3. The Morgan fingerprint density at radius 3 is 2.21 bits per heavy atom. The molecule has 2 unspecified atom stereocenters. The van der Waals surface area contributed by atoms with Gasteiger partial charge < -0.3 is 0 Å². The van der Waals surface area contributed by atoms with E-state index in [1.807, 2.05) is 0 Å². The zero-order valence-electron chi connectivity index (χ0n) is 26.1. The minimum Gasteiger partial charge on any atom is -0.0955 e. The van der Waals surface area contributed by atoms with E-state index in [1.165, 1.54) is 66.8 Å². The summed E-state index contributed by atoms with van der Waals surface area (Å²) >= 11 is 0. The Morgan fingerprint density at radius 1 is 0.857 bits per heavy atom. The fourth-order valence-electron chi connectivity index (χ4n) is 6.87. The molecule has 0 amide bonds. The molecule has 0 saturated heterocycles. The second kappa shape index (κ2) is 13.0. The third-order valence-corrected chi connectivity index (χ3v) is 9.17. The summed E-state index contributed by atoms with van der Waals surface area (Å²) in [6, 6.07) is 27.2. The van der Waals surface area contributed by atoms with Crippen LogP contribution in [0.15, 0.2) is 132 Å². The van der Waals surface area contributed by atoms with Gasteiger partial charge in [0.05, 0.1) is 0 Å². The van der Waals surface area contributed by atoms with Crippen molar-refractivity contribution < 1.29 is 0 Å². The Bertz CT molecular complexity index is 1580. The molecule has 2 aliphatic rings. The molecular formula is C42H46. The summed E-state index contributed by atoms with van der Waals surface area (Å²) in [7, 11) is 0. The first-order valence-electron chi connectivity index (χ1n) is 15.7. The molecule has 0 nitrogen and oxygen atoms in total. The summed E-state index contributed by atoms with van der Waals surface area (Å²) in [4.78, 5) is 0. The van der Waals surface area contributed by atoms with Crippen molar-refractivity contribution in [3.63, 3.8) is 0 Å². The molecule has 3 aromatic rings. The van der Waals surface area contributed by atoms with Crippen LogP contribution in [0.1, 0.15) is 86.3 Å². The highest BCUT2D eigenvalue weighted by Gasteiger charge is 2.40. The van der Waals surface area contributed by atoms with Gasteiger partial charge in [-0.3, -0.25) is 0 Å². The number of benzene rings is 3. The van der Waals surface area contributed by atoms with Gasteiger partial charge >= 0.3 is 0 Å². The van der Waals surface area contributed by atoms with Crippen LogP contribution in [0.3, 0.4) is 0 Å². The average molecular weight is 551 g/mol. The molecule has 2 atom stereocenters. The van der Waals surface area contributed by atoms with E-state index < -0.39 is 0 Å². The van der Waals surface area contributed by atoms with E-state index in [4.69, 9.17) is 6.58 Å². The van der Waals surface area contributed by atoms with Gasteiger partial charge in [-0.05, 0) is 102 Å². The largest absolute Gasteiger partial charge is 0.0955 e. The minimum atomic E-state index is 0.274. The molecule has 1 fully saturated rings. The van der Waals surface area contributed by atoms with Gasteiger partial charge in [0.2, 0.25) is 0 Å². The van der Waals surface area contributed by atoms with Gasteiger partial charge in [-0.2, -0.15) is 0 Å². The normalized spacial score (nSPS) is 19.2. The first kappa shape index (κ1) is 29.6. The maximum Gasteiger partial charge on any atom is 0.0201 e. The van der Waals surface area contributed by atoms with E-state index >= 15 is 0 Å². The van der Waals surface area contributed by atoms with Crippen molar-refractivity contribution in [2.24, 2.45) is 5.92 Å². The molecule has 0 heterocycles. The van der Waals surface area contributed by atoms with Gasteiger partial charge in [0, 0.05) is 11.8 Å². The number of hydrogen-bond acceptors (Lipinski definition) is 0. The molecule has 5 rings (SSSR count). The third-order valence-electron chi connectivity index (χ3n) is 9.17. The van der Waals surface area contributed by atoms with Crippen LogP contribution < -0.4 is 0 Å². The Hall–Kier alpha value is -3.90. The van der Waals surface area contributed by atoms with Crippen molar-refractivity contribution in [2.45, 2.75) is 72.1 Å². The molecule has 0 aromatic heterocycles. The van der Waals surface area contributed by atoms with Gasteiger partial charge in [-0.25, -0.2) is 0 Å². The molecule has 0 aliphatic heterocycles. The Balaban J connectivity index is 1.40. The maximum atomic E-state index is 4.74. The van der Waals surface area contributed by atoms with Gasteiger partial charge in [-0.1, -0.05) is 142 Å². The molecule has 0 heteroatoms. The van der Waals surface area contributed by atoms with Crippen LogP contribution >= 0.6 is 0 Å². The van der Waals surface area contributed by atoms with Crippen molar-refractivity contribution >= 4 is 11.6 Å². The standard InChI is InChI=1S/C42H46/c1-8-11-29(5)40-30(6)24-39-27-38(31(7)41(39)42(40)37-22-16-32(9-2)17-23-37)26-35-13-10-12-34(25-35)15-14-33-18-20-36(21-19-33)28(3)4/h10,12-13,16-26,41-42H,3,5,7-9,11,14-15,27H2,1-2,4,6H3/b38-26+. The monoisotopic (exact) mass is 550 g/mol. The predicted octanol–water partition coefficient (Wildman–Crippen LogP) is 11.4. The summed E-state index contributed by atoms with van der Waals surface area (Å²) in [6.45, 7) is 22.2. The lowest BCUT2D eigenvalue weighted by Gasteiger charge is -2.34. The van der Waals surface area contributed by atoms with Crippen LogP contribution in [-0.4, -0.2) is 0 Å². The molecule has 0 bridgehead atoms. The van der Waals surface area contributed by atoms with Crippen LogP contribution in [0, 0.1) is 5.92 Å². The van der Waals surface area contributed by atoms with E-state index in [2.05, 4.69) is 126 Å². The van der Waals surface area contributed by atoms with Crippen LogP contribution in [0.25, 0.3) is 11.6 Å². The predicted molar refractivity (Wildman–Crippen MR) is 184 cm³/mol. The fraction of sp³-hybridized carbons (Fsp3) is 0.286. The topological polar surface area (TPSA) is 0 Å². The smallest absolute Gasteiger partial charge is 0.0201 e. The molecule has 0 N–H and O–H groups in total. The lowest BCUT2D eigenvalue weighted by Crippen LogP contribution is -2.21. The highest BCUT2D eigenvalue weighted by atomic mass is 14.4. The molecule has 2 aliphatic carbocycles. The summed E-state index contributed by atoms with van der Waals surface area (Å²) in [5.74, 6) is 0.567. The van der Waals surface area contributed by atoms with Crippen molar-refractivity contribution in [2.75, 3.05) is 0 Å². The van der Waals surface area contributed by atoms with Crippen LogP contribution in [0.4, 0.5) is 0 Å². The van der Waals surface area contributed by atoms with Gasteiger partial charge in [0.15, 0.2) is 0 Å². The summed E-state index contributed by atoms with van der Waals surface area (Å²) in [6.07, 6.45) is 11.1. The highest BCUT2D eigenvalue weighted by Crippen LogP contribution is 2.55. The molecule has 42 heavy (non-hydrogen) atoms. The molecule has 0 radical (unpaired) electrons. The Morgan fingerprint density at radius 2 is 1.55 bits per heavy atom. The average Bonchev–Trinajstić information content (AvgIpc) is 3.29. The first-order chi connectivity index (χ1) is 20.3. The third kappa shape index (κ3) is 6.29. The molecular weight excluding hydrogens is 504 g/mol. The van der Waals surface area contributed by atoms with Crippen molar-refractivity contribution in [1.29, 1.82) is 0 Å². The number of rotatable bonds is 10. The Labute approximate surface area is 254 Å². The molecule has 0 spiro atoms. The molecule has 3 aromatic carbocycles. The van der Waals surface area contributed by atoms with E-state index in [0.29, 0.717) is 5.92 Å². The minimum absolute atomic E-state index is 0.274.